The topological polar surface area (TPSA) is 104 Å². The van der Waals surface area contributed by atoms with Crippen LogP contribution in [0.2, 0.25) is 0 Å². The number of fused-ring (bicyclic) bond motifs is 1. The largest absolute Gasteiger partial charge is 0.481 e. The van der Waals surface area contributed by atoms with Gasteiger partial charge < -0.3 is 5.11 Å². The van der Waals surface area contributed by atoms with Crippen molar-refractivity contribution in [1.29, 1.82) is 0 Å². The quantitative estimate of drug-likeness (QED) is 0.848. The van der Waals surface area contributed by atoms with Gasteiger partial charge in [0.05, 0.1) is 11.1 Å². The molecule has 0 aromatic carbocycles. The standard InChI is InChI=1S/C15H21N5O3/c1-2-4-15(13(22)23)5-3-6-19(9-15)8-11-7-12(21)20-14(18-11)16-10-17-20/h7,10H,2-6,8-9H2,1H3,(H,22,23)(H,16,17,18). The number of nitrogens with one attached hydrogen (secondary N) is 1. The summed E-state index contributed by atoms with van der Waals surface area (Å²) in [6.45, 7) is 3.80. The van der Waals surface area contributed by atoms with Gasteiger partial charge in [0.1, 0.15) is 6.33 Å². The molecule has 1 saturated heterocycles. The maximum Gasteiger partial charge on any atom is 0.310 e. The number of carboxylic acids is 1. The van der Waals surface area contributed by atoms with Crippen LogP contribution in [0.4, 0.5) is 0 Å². The predicted molar refractivity (Wildman–Crippen MR) is 83.1 cm³/mol. The molecule has 1 aliphatic heterocycles. The van der Waals surface area contributed by atoms with Gasteiger partial charge in [-0.15, -0.1) is 0 Å². The second-order valence-corrected chi connectivity index (χ2v) is 6.26. The van der Waals surface area contributed by atoms with Crippen LogP contribution in [-0.2, 0) is 11.3 Å². The number of hydrogen-bond acceptors (Lipinski definition) is 5. The minimum absolute atomic E-state index is 0.211. The Morgan fingerprint density at radius 1 is 1.52 bits per heavy atom. The van der Waals surface area contributed by atoms with Gasteiger partial charge in [0, 0.05) is 19.2 Å². The first-order valence-electron chi connectivity index (χ1n) is 7.92. The summed E-state index contributed by atoms with van der Waals surface area (Å²) < 4.78 is 1.28. The second-order valence-electron chi connectivity index (χ2n) is 6.26. The van der Waals surface area contributed by atoms with Gasteiger partial charge in [-0.2, -0.15) is 4.52 Å². The van der Waals surface area contributed by atoms with E-state index in [1.165, 1.54) is 16.9 Å². The molecule has 3 heterocycles. The molecule has 0 amide bonds. The molecule has 0 aliphatic carbocycles. The minimum atomic E-state index is -0.722. The van der Waals surface area contributed by atoms with Crippen LogP contribution in [0.25, 0.3) is 5.78 Å². The molecule has 0 spiro atoms. The fourth-order valence-corrected chi connectivity index (χ4v) is 3.51. The van der Waals surface area contributed by atoms with Gasteiger partial charge in [0.25, 0.3) is 11.3 Å². The van der Waals surface area contributed by atoms with E-state index in [0.717, 1.165) is 19.4 Å². The Kier molecular flexibility index (Phi) is 4.16. The summed E-state index contributed by atoms with van der Waals surface area (Å²) in [6, 6.07) is 1.47. The first-order chi connectivity index (χ1) is 11.0. The summed E-state index contributed by atoms with van der Waals surface area (Å²) >= 11 is 0. The number of hydrogen-bond donors (Lipinski definition) is 2. The number of H-pyrrole nitrogens is 1. The molecule has 1 atom stereocenters. The number of piperidine rings is 1. The van der Waals surface area contributed by atoms with Crippen LogP contribution in [0.15, 0.2) is 17.2 Å². The number of aliphatic carboxylic acids is 1. The van der Waals surface area contributed by atoms with Crippen molar-refractivity contribution in [1.82, 2.24) is 24.5 Å². The van der Waals surface area contributed by atoms with Crippen molar-refractivity contribution in [2.45, 2.75) is 39.2 Å². The lowest BCUT2D eigenvalue weighted by Gasteiger charge is -2.39. The number of nitrogens with zero attached hydrogens (tertiary/aromatic N) is 4. The Hall–Kier alpha value is -2.22. The van der Waals surface area contributed by atoms with Gasteiger partial charge >= 0.3 is 5.97 Å². The minimum Gasteiger partial charge on any atom is -0.481 e. The van der Waals surface area contributed by atoms with Crippen LogP contribution in [0.5, 0.6) is 0 Å². The molecule has 1 aliphatic rings. The second kappa shape index (κ2) is 6.11. The first kappa shape index (κ1) is 15.7. The zero-order valence-electron chi connectivity index (χ0n) is 13.2. The Morgan fingerprint density at radius 3 is 3.09 bits per heavy atom. The highest BCUT2D eigenvalue weighted by Gasteiger charge is 2.41. The third-order valence-electron chi connectivity index (χ3n) is 4.54. The van der Waals surface area contributed by atoms with E-state index < -0.39 is 11.4 Å². The highest BCUT2D eigenvalue weighted by molar-refractivity contribution is 5.75. The van der Waals surface area contributed by atoms with Crippen LogP contribution in [0.1, 0.15) is 38.3 Å². The maximum atomic E-state index is 12.0. The lowest BCUT2D eigenvalue weighted by atomic mass is 9.76. The van der Waals surface area contributed by atoms with E-state index in [1.807, 2.05) is 6.92 Å². The number of carbonyl (C=O) groups is 1. The molecule has 0 radical (unpaired) electrons. The van der Waals surface area contributed by atoms with Crippen molar-refractivity contribution < 1.29 is 9.90 Å². The molecule has 124 valence electrons. The van der Waals surface area contributed by atoms with Gasteiger partial charge in [-0.3, -0.25) is 19.6 Å². The summed E-state index contributed by atoms with van der Waals surface area (Å²) in [5, 5.41) is 12.4. The Morgan fingerprint density at radius 2 is 2.35 bits per heavy atom. The molecular weight excluding hydrogens is 298 g/mol. The highest BCUT2D eigenvalue weighted by atomic mass is 16.4. The fourth-order valence-electron chi connectivity index (χ4n) is 3.51. The normalized spacial score (nSPS) is 22.5. The van der Waals surface area contributed by atoms with Gasteiger partial charge in [0.2, 0.25) is 0 Å². The van der Waals surface area contributed by atoms with Crippen molar-refractivity contribution in [3.63, 3.8) is 0 Å². The number of aromatic nitrogens is 4. The average Bonchev–Trinajstić information content (AvgIpc) is 2.96. The third kappa shape index (κ3) is 2.98. The molecule has 2 aromatic heterocycles. The molecule has 23 heavy (non-hydrogen) atoms. The molecular formula is C15H21N5O3. The molecule has 8 heteroatoms. The summed E-state index contributed by atoms with van der Waals surface area (Å²) in [6.07, 6.45) is 4.49. The number of carboxylic acid groups (broad SMARTS) is 1. The van der Waals surface area contributed by atoms with E-state index in [2.05, 4.69) is 20.0 Å². The average molecular weight is 319 g/mol. The predicted octanol–water partition coefficient (Wildman–Crippen LogP) is 0.884. The molecule has 0 saturated carbocycles. The Bertz CT molecular complexity index is 764. The Labute approximate surface area is 133 Å². The lowest BCUT2D eigenvalue weighted by Crippen LogP contribution is -2.47. The van der Waals surface area contributed by atoms with Crippen molar-refractivity contribution >= 4 is 11.7 Å². The van der Waals surface area contributed by atoms with Crippen molar-refractivity contribution in [2.75, 3.05) is 13.1 Å². The van der Waals surface area contributed by atoms with Crippen LogP contribution in [-0.4, -0.2) is 48.6 Å². The molecule has 2 aromatic rings. The monoisotopic (exact) mass is 319 g/mol. The molecule has 0 bridgehead atoms. The van der Waals surface area contributed by atoms with Crippen LogP contribution in [0, 0.1) is 5.41 Å². The highest BCUT2D eigenvalue weighted by Crippen LogP contribution is 2.35. The third-order valence-corrected chi connectivity index (χ3v) is 4.54. The Balaban J connectivity index is 1.81. The molecule has 1 fully saturated rings. The SMILES string of the molecule is CCCC1(C(=O)O)CCCN(Cc2cc(=O)n3[nH]cnc3n2)C1. The van der Waals surface area contributed by atoms with Crippen molar-refractivity contribution in [2.24, 2.45) is 5.41 Å². The van der Waals surface area contributed by atoms with Gasteiger partial charge in [-0.1, -0.05) is 13.3 Å². The van der Waals surface area contributed by atoms with E-state index in [4.69, 9.17) is 0 Å². The molecule has 3 rings (SSSR count). The van der Waals surface area contributed by atoms with Crippen LogP contribution in [0.3, 0.4) is 0 Å². The van der Waals surface area contributed by atoms with Gasteiger partial charge in [-0.25, -0.2) is 9.97 Å². The first-order valence-corrected chi connectivity index (χ1v) is 7.92. The van der Waals surface area contributed by atoms with Crippen molar-refractivity contribution in [3.8, 4) is 0 Å². The zero-order valence-corrected chi connectivity index (χ0v) is 13.2. The summed E-state index contributed by atoms with van der Waals surface area (Å²) in [5.41, 5.74) is -0.268. The summed E-state index contributed by atoms with van der Waals surface area (Å²) in [7, 11) is 0. The summed E-state index contributed by atoms with van der Waals surface area (Å²) in [4.78, 5) is 34.2. The lowest BCUT2D eigenvalue weighted by molar-refractivity contribution is -0.153. The molecule has 1 unspecified atom stereocenters. The van der Waals surface area contributed by atoms with Crippen molar-refractivity contribution in [3.05, 3.63) is 28.4 Å². The zero-order chi connectivity index (χ0) is 16.4. The molecule has 8 nitrogen and oxygen atoms in total. The number of rotatable bonds is 5. The van der Waals surface area contributed by atoms with Gasteiger partial charge in [-0.05, 0) is 25.8 Å². The molecule has 2 N–H and O–H groups in total. The smallest absolute Gasteiger partial charge is 0.310 e. The van der Waals surface area contributed by atoms with E-state index in [1.54, 1.807) is 0 Å². The van der Waals surface area contributed by atoms with Crippen LogP contribution < -0.4 is 5.56 Å². The van der Waals surface area contributed by atoms with E-state index in [-0.39, 0.29) is 5.56 Å². The summed E-state index contributed by atoms with van der Waals surface area (Å²) in [5.74, 6) is -0.387. The van der Waals surface area contributed by atoms with E-state index >= 15 is 0 Å². The van der Waals surface area contributed by atoms with E-state index in [0.29, 0.717) is 37.4 Å². The fraction of sp³-hybridized carbons (Fsp3) is 0.600. The number of aromatic amines is 1. The van der Waals surface area contributed by atoms with E-state index in [9.17, 15) is 14.7 Å². The maximum absolute atomic E-state index is 12.0. The van der Waals surface area contributed by atoms with Crippen LogP contribution >= 0.6 is 0 Å². The van der Waals surface area contributed by atoms with Gasteiger partial charge in [0.15, 0.2) is 0 Å². The number of likely N-dealkylation sites (tertiary alicyclic amines) is 1.